The molecule has 0 saturated carbocycles. The number of ketones is 2. The summed E-state index contributed by atoms with van der Waals surface area (Å²) in [6.45, 7) is 6.60. The van der Waals surface area contributed by atoms with Crippen molar-refractivity contribution < 1.29 is 19.2 Å². The van der Waals surface area contributed by atoms with Crippen LogP contribution in [-0.4, -0.2) is 82.5 Å². The largest absolute Gasteiger partial charge is 0.383 e. The van der Waals surface area contributed by atoms with Gasteiger partial charge >= 0.3 is 6.03 Å². The molecule has 3 heterocycles. The number of benzene rings is 1. The number of Topliss-reactive ketones (excluding diaryl/α,β-unsaturated/α-hetero) is 2. The molecule has 3 amide bonds. The van der Waals surface area contributed by atoms with E-state index in [1.807, 2.05) is 0 Å². The average Bonchev–Trinajstić information content (AvgIpc) is 2.93. The minimum absolute atomic E-state index is 0.149. The molecule has 3 N–H and O–H groups in total. The van der Waals surface area contributed by atoms with E-state index in [0.29, 0.717) is 67.5 Å². The van der Waals surface area contributed by atoms with Crippen LogP contribution in [0.25, 0.3) is 0 Å². The molecular formula is C28H30ClN7O4. The van der Waals surface area contributed by atoms with Crippen molar-refractivity contribution in [1.82, 2.24) is 19.8 Å². The second-order valence-electron chi connectivity index (χ2n) is 9.28. The number of carbonyl (C=O) groups is 4. The highest BCUT2D eigenvalue weighted by Crippen LogP contribution is 2.21. The Kier molecular flexibility index (Phi) is 9.41. The van der Waals surface area contributed by atoms with Gasteiger partial charge < -0.3 is 20.9 Å². The number of rotatable bonds is 9. The summed E-state index contributed by atoms with van der Waals surface area (Å²) in [5, 5.41) is 8.89. The molecule has 12 heteroatoms. The molecule has 4 rings (SSSR count). The van der Waals surface area contributed by atoms with E-state index in [4.69, 9.17) is 11.6 Å². The van der Waals surface area contributed by atoms with Gasteiger partial charge in [-0.25, -0.2) is 9.78 Å². The molecule has 0 unspecified atom stereocenters. The molecule has 208 valence electrons. The quantitative estimate of drug-likeness (QED) is 0.262. The Morgan fingerprint density at radius 1 is 0.875 bits per heavy atom. The Morgan fingerprint density at radius 3 is 2.20 bits per heavy atom. The topological polar surface area (TPSA) is 137 Å². The molecule has 1 saturated heterocycles. The molecular weight excluding hydrogens is 534 g/mol. The van der Waals surface area contributed by atoms with E-state index in [2.05, 4.69) is 30.8 Å². The van der Waals surface area contributed by atoms with E-state index in [1.165, 1.54) is 32.3 Å². The van der Waals surface area contributed by atoms with Gasteiger partial charge in [0.1, 0.15) is 10.8 Å². The van der Waals surface area contributed by atoms with E-state index in [9.17, 15) is 19.2 Å². The van der Waals surface area contributed by atoms with Gasteiger partial charge in [0.05, 0.1) is 5.56 Å². The molecule has 1 aliphatic rings. The summed E-state index contributed by atoms with van der Waals surface area (Å²) >= 11 is 5.85. The van der Waals surface area contributed by atoms with Gasteiger partial charge in [0.25, 0.3) is 5.91 Å². The second-order valence-corrected chi connectivity index (χ2v) is 9.66. The standard InChI is InChI=1S/C28H30ClN7O4/c1-18(37)22-4-3-5-23(26(22)19(2)38)31-10-11-35-12-14-36(15-13-35)27(39)24-16-20(6-8-30-24)33-28(40)34-21-7-9-32-25(29)17-21/h3-9,16-17,31H,10-15H2,1-2H3,(H2,30,32,33,34,40). The number of carbonyl (C=O) groups excluding carboxylic acids is 4. The fourth-order valence-corrected chi connectivity index (χ4v) is 4.63. The molecule has 1 fully saturated rings. The minimum Gasteiger partial charge on any atom is -0.383 e. The summed E-state index contributed by atoms with van der Waals surface area (Å²) < 4.78 is 0. The van der Waals surface area contributed by atoms with Crippen LogP contribution in [0, 0.1) is 0 Å². The van der Waals surface area contributed by atoms with Crippen LogP contribution < -0.4 is 16.0 Å². The first kappa shape index (κ1) is 28.7. The zero-order chi connectivity index (χ0) is 28.6. The summed E-state index contributed by atoms with van der Waals surface area (Å²) in [6.07, 6.45) is 2.96. The normalized spacial score (nSPS) is 13.4. The first-order valence-corrected chi connectivity index (χ1v) is 13.1. The predicted octanol–water partition coefficient (Wildman–Crippen LogP) is 4.05. The van der Waals surface area contributed by atoms with E-state index < -0.39 is 6.03 Å². The minimum atomic E-state index is -0.488. The van der Waals surface area contributed by atoms with Crippen molar-refractivity contribution in [2.24, 2.45) is 0 Å². The summed E-state index contributed by atoms with van der Waals surface area (Å²) in [5.74, 6) is -0.522. The number of hydrogen-bond acceptors (Lipinski definition) is 8. The van der Waals surface area contributed by atoms with E-state index in [0.717, 1.165) is 0 Å². The first-order chi connectivity index (χ1) is 19.2. The summed E-state index contributed by atoms with van der Waals surface area (Å²) in [7, 11) is 0. The third-order valence-corrected chi connectivity index (χ3v) is 6.63. The van der Waals surface area contributed by atoms with Crippen LogP contribution in [0.15, 0.2) is 54.9 Å². The molecule has 2 aromatic heterocycles. The number of urea groups is 1. The lowest BCUT2D eigenvalue weighted by Gasteiger charge is -2.34. The molecule has 40 heavy (non-hydrogen) atoms. The van der Waals surface area contributed by atoms with Gasteiger partial charge in [-0.05, 0) is 44.2 Å². The molecule has 0 bridgehead atoms. The third-order valence-electron chi connectivity index (χ3n) is 6.42. The number of nitrogens with one attached hydrogen (secondary N) is 3. The van der Waals surface area contributed by atoms with Crippen molar-refractivity contribution in [1.29, 1.82) is 0 Å². The first-order valence-electron chi connectivity index (χ1n) is 12.8. The smallest absolute Gasteiger partial charge is 0.323 e. The highest BCUT2D eigenvalue weighted by molar-refractivity contribution is 6.29. The fraction of sp³-hybridized carbons (Fsp3) is 0.286. The fourth-order valence-electron chi connectivity index (χ4n) is 4.46. The summed E-state index contributed by atoms with van der Waals surface area (Å²) in [4.78, 5) is 61.5. The van der Waals surface area contributed by atoms with Crippen molar-refractivity contribution in [2.75, 3.05) is 55.2 Å². The van der Waals surface area contributed by atoms with Crippen LogP contribution in [0.4, 0.5) is 21.9 Å². The van der Waals surface area contributed by atoms with E-state index in [1.54, 1.807) is 41.3 Å². The maximum atomic E-state index is 13.1. The van der Waals surface area contributed by atoms with Gasteiger partial charge in [-0.2, -0.15) is 0 Å². The molecule has 11 nitrogen and oxygen atoms in total. The lowest BCUT2D eigenvalue weighted by atomic mass is 9.99. The Morgan fingerprint density at radius 2 is 1.55 bits per heavy atom. The highest BCUT2D eigenvalue weighted by Gasteiger charge is 2.23. The summed E-state index contributed by atoms with van der Waals surface area (Å²) in [6, 6.07) is 11.0. The Labute approximate surface area is 236 Å². The van der Waals surface area contributed by atoms with Crippen LogP contribution in [0.1, 0.15) is 45.1 Å². The van der Waals surface area contributed by atoms with Gasteiger partial charge in [0, 0.05) is 74.3 Å². The van der Waals surface area contributed by atoms with Crippen molar-refractivity contribution in [3.63, 3.8) is 0 Å². The molecule has 0 spiro atoms. The Balaban J connectivity index is 1.27. The highest BCUT2D eigenvalue weighted by atomic mass is 35.5. The van der Waals surface area contributed by atoms with Gasteiger partial charge in [-0.3, -0.25) is 24.3 Å². The van der Waals surface area contributed by atoms with Crippen LogP contribution in [0.5, 0.6) is 0 Å². The van der Waals surface area contributed by atoms with Crippen LogP contribution >= 0.6 is 11.6 Å². The summed E-state index contributed by atoms with van der Waals surface area (Å²) in [5.41, 5.74) is 2.62. The predicted molar refractivity (Wildman–Crippen MR) is 153 cm³/mol. The SMILES string of the molecule is CC(=O)c1cccc(NCCN2CCN(C(=O)c3cc(NC(=O)Nc4ccnc(Cl)c4)ccn3)CC2)c1C(C)=O. The van der Waals surface area contributed by atoms with E-state index >= 15 is 0 Å². The number of amides is 3. The number of anilines is 3. The molecule has 1 aliphatic heterocycles. The number of pyridine rings is 2. The number of nitrogens with zero attached hydrogens (tertiary/aromatic N) is 4. The molecule has 3 aromatic rings. The van der Waals surface area contributed by atoms with Crippen molar-refractivity contribution in [3.05, 3.63) is 76.8 Å². The van der Waals surface area contributed by atoms with Gasteiger partial charge in [0.15, 0.2) is 11.6 Å². The van der Waals surface area contributed by atoms with Gasteiger partial charge in [0.2, 0.25) is 0 Å². The van der Waals surface area contributed by atoms with Crippen molar-refractivity contribution in [2.45, 2.75) is 13.8 Å². The maximum Gasteiger partial charge on any atom is 0.323 e. The lowest BCUT2D eigenvalue weighted by molar-refractivity contribution is 0.0636. The monoisotopic (exact) mass is 563 g/mol. The maximum absolute atomic E-state index is 13.1. The van der Waals surface area contributed by atoms with Crippen molar-refractivity contribution in [3.8, 4) is 0 Å². The average molecular weight is 564 g/mol. The molecule has 0 atom stereocenters. The lowest BCUT2D eigenvalue weighted by Crippen LogP contribution is -2.49. The number of piperazine rings is 1. The Hall–Kier alpha value is -4.35. The van der Waals surface area contributed by atoms with Gasteiger partial charge in [-0.15, -0.1) is 0 Å². The zero-order valence-corrected chi connectivity index (χ0v) is 23.0. The second kappa shape index (κ2) is 13.1. The zero-order valence-electron chi connectivity index (χ0n) is 22.2. The van der Waals surface area contributed by atoms with Crippen LogP contribution in [0.3, 0.4) is 0 Å². The number of hydrogen-bond donors (Lipinski definition) is 3. The molecule has 1 aromatic carbocycles. The Bertz CT molecular complexity index is 1420. The number of aromatic nitrogens is 2. The third kappa shape index (κ3) is 7.39. The molecule has 0 radical (unpaired) electrons. The number of halogens is 1. The van der Waals surface area contributed by atoms with E-state index in [-0.39, 0.29) is 28.3 Å². The van der Waals surface area contributed by atoms with Crippen LogP contribution in [0.2, 0.25) is 5.15 Å². The van der Waals surface area contributed by atoms with Gasteiger partial charge in [-0.1, -0.05) is 23.7 Å². The van der Waals surface area contributed by atoms with Crippen molar-refractivity contribution >= 4 is 52.2 Å². The molecule has 0 aliphatic carbocycles. The van der Waals surface area contributed by atoms with Crippen LogP contribution in [-0.2, 0) is 0 Å².